The van der Waals surface area contributed by atoms with Gasteiger partial charge in [0, 0.05) is 24.2 Å². The van der Waals surface area contributed by atoms with E-state index in [4.69, 9.17) is 0 Å². The monoisotopic (exact) mass is 339 g/mol. The molecule has 1 aromatic carbocycles. The van der Waals surface area contributed by atoms with E-state index in [9.17, 15) is 18.5 Å². The van der Waals surface area contributed by atoms with Crippen LogP contribution in [0.3, 0.4) is 0 Å². The molecule has 126 valence electrons. The van der Waals surface area contributed by atoms with E-state index in [1.807, 2.05) is 0 Å². The summed E-state index contributed by atoms with van der Waals surface area (Å²) in [5, 5.41) is 10.9. The van der Waals surface area contributed by atoms with Crippen molar-refractivity contribution in [2.75, 3.05) is 13.1 Å². The maximum Gasteiger partial charge on any atom is 0.270 e. The van der Waals surface area contributed by atoms with Gasteiger partial charge in [0.05, 0.1) is 9.82 Å². The zero-order valence-corrected chi connectivity index (χ0v) is 13.9. The standard InChI is InChI=1S/C15H21N3O4S/c1-11-2-3-14(18(19)20)10-15(11)23(21,22)16-12-6-8-17(9-7-12)13-4-5-13/h2-3,10,12-13,16H,4-9H2,1H3. The largest absolute Gasteiger partial charge is 0.300 e. The van der Waals surface area contributed by atoms with Gasteiger partial charge in [-0.3, -0.25) is 10.1 Å². The van der Waals surface area contributed by atoms with E-state index in [0.29, 0.717) is 11.6 Å². The van der Waals surface area contributed by atoms with Gasteiger partial charge in [0.1, 0.15) is 0 Å². The minimum atomic E-state index is -3.74. The van der Waals surface area contributed by atoms with Gasteiger partial charge in [0.25, 0.3) is 5.69 Å². The van der Waals surface area contributed by atoms with Crippen LogP contribution in [0.2, 0.25) is 0 Å². The fourth-order valence-electron chi connectivity index (χ4n) is 3.10. The number of sulfonamides is 1. The fourth-order valence-corrected chi connectivity index (χ4v) is 4.67. The molecule has 0 atom stereocenters. The molecule has 0 bridgehead atoms. The van der Waals surface area contributed by atoms with Crippen LogP contribution in [0.25, 0.3) is 0 Å². The molecule has 23 heavy (non-hydrogen) atoms. The Bertz CT molecular complexity index is 707. The van der Waals surface area contributed by atoms with Crippen LogP contribution in [0.4, 0.5) is 5.69 Å². The molecule has 0 aromatic heterocycles. The molecule has 3 rings (SSSR count). The minimum Gasteiger partial charge on any atom is -0.300 e. The Morgan fingerprint density at radius 2 is 1.87 bits per heavy atom. The van der Waals surface area contributed by atoms with Gasteiger partial charge in [-0.1, -0.05) is 6.07 Å². The number of nitro groups is 1. The van der Waals surface area contributed by atoms with Crippen LogP contribution >= 0.6 is 0 Å². The molecule has 0 unspecified atom stereocenters. The number of nitrogens with zero attached hydrogens (tertiary/aromatic N) is 2. The Kier molecular flexibility index (Phi) is 4.39. The summed E-state index contributed by atoms with van der Waals surface area (Å²) in [6.45, 7) is 3.46. The Morgan fingerprint density at radius 1 is 1.22 bits per heavy atom. The van der Waals surface area contributed by atoms with Crippen molar-refractivity contribution in [3.8, 4) is 0 Å². The number of aryl methyl sites for hydroxylation is 1. The Balaban J connectivity index is 1.71. The Hall–Kier alpha value is -1.51. The lowest BCUT2D eigenvalue weighted by atomic mass is 10.1. The average Bonchev–Trinajstić information content (AvgIpc) is 3.32. The zero-order chi connectivity index (χ0) is 16.6. The van der Waals surface area contributed by atoms with Crippen molar-refractivity contribution < 1.29 is 13.3 Å². The molecule has 1 heterocycles. The quantitative estimate of drug-likeness (QED) is 0.652. The van der Waals surface area contributed by atoms with Crippen molar-refractivity contribution in [3.63, 3.8) is 0 Å². The van der Waals surface area contributed by atoms with E-state index in [2.05, 4.69) is 9.62 Å². The summed E-state index contributed by atoms with van der Waals surface area (Å²) in [5.74, 6) is 0. The number of piperidine rings is 1. The SMILES string of the molecule is Cc1ccc([N+](=O)[O-])cc1S(=O)(=O)NC1CCN(C2CC2)CC1. The second-order valence-corrected chi connectivity index (χ2v) is 8.05. The third-order valence-corrected chi connectivity index (χ3v) is 6.25. The molecule has 1 aliphatic carbocycles. The van der Waals surface area contributed by atoms with Crippen LogP contribution in [0.1, 0.15) is 31.2 Å². The van der Waals surface area contributed by atoms with Crippen molar-refractivity contribution in [2.24, 2.45) is 0 Å². The lowest BCUT2D eigenvalue weighted by Crippen LogP contribution is -2.45. The number of nitrogens with one attached hydrogen (secondary N) is 1. The molecule has 2 fully saturated rings. The molecule has 0 spiro atoms. The number of nitro benzene ring substituents is 1. The first-order valence-electron chi connectivity index (χ1n) is 7.88. The van der Waals surface area contributed by atoms with Crippen molar-refractivity contribution in [1.29, 1.82) is 0 Å². The fraction of sp³-hybridized carbons (Fsp3) is 0.600. The highest BCUT2D eigenvalue weighted by atomic mass is 32.2. The highest BCUT2D eigenvalue weighted by Gasteiger charge is 2.33. The van der Waals surface area contributed by atoms with Gasteiger partial charge in [-0.2, -0.15) is 0 Å². The molecule has 1 saturated heterocycles. The second kappa shape index (κ2) is 6.18. The summed E-state index contributed by atoms with van der Waals surface area (Å²) in [6.07, 6.45) is 4.07. The van der Waals surface area contributed by atoms with Crippen molar-refractivity contribution >= 4 is 15.7 Å². The van der Waals surface area contributed by atoms with Gasteiger partial charge < -0.3 is 4.90 Å². The van der Waals surface area contributed by atoms with Crippen LogP contribution in [-0.2, 0) is 10.0 Å². The van der Waals surface area contributed by atoms with Crippen LogP contribution < -0.4 is 4.72 Å². The predicted octanol–water partition coefficient (Wildman–Crippen LogP) is 1.81. The summed E-state index contributed by atoms with van der Waals surface area (Å²) < 4.78 is 27.9. The van der Waals surface area contributed by atoms with Gasteiger partial charge in [-0.25, -0.2) is 13.1 Å². The number of non-ortho nitro benzene ring substituents is 1. The van der Waals surface area contributed by atoms with Gasteiger partial charge >= 0.3 is 0 Å². The van der Waals surface area contributed by atoms with Crippen molar-refractivity contribution in [2.45, 2.75) is 49.6 Å². The Morgan fingerprint density at radius 3 is 2.43 bits per heavy atom. The minimum absolute atomic E-state index is 0.00341. The van der Waals surface area contributed by atoms with Crippen LogP contribution in [-0.4, -0.2) is 43.4 Å². The van der Waals surface area contributed by atoms with E-state index < -0.39 is 14.9 Å². The number of rotatable bonds is 5. The van der Waals surface area contributed by atoms with E-state index >= 15 is 0 Å². The molecule has 0 amide bonds. The van der Waals surface area contributed by atoms with E-state index in [1.54, 1.807) is 6.92 Å². The molecule has 8 heteroatoms. The number of benzene rings is 1. The molecule has 0 radical (unpaired) electrons. The molecule has 1 N–H and O–H groups in total. The van der Waals surface area contributed by atoms with Gasteiger partial charge in [-0.15, -0.1) is 0 Å². The number of hydrogen-bond donors (Lipinski definition) is 1. The predicted molar refractivity (Wildman–Crippen MR) is 85.8 cm³/mol. The zero-order valence-electron chi connectivity index (χ0n) is 13.1. The first-order valence-corrected chi connectivity index (χ1v) is 9.36. The first-order chi connectivity index (χ1) is 10.9. The van der Waals surface area contributed by atoms with Crippen LogP contribution in [0.5, 0.6) is 0 Å². The van der Waals surface area contributed by atoms with Crippen LogP contribution in [0, 0.1) is 17.0 Å². The number of likely N-dealkylation sites (tertiary alicyclic amines) is 1. The van der Waals surface area contributed by atoms with E-state index in [-0.39, 0.29) is 16.6 Å². The summed E-state index contributed by atoms with van der Waals surface area (Å²) in [6, 6.07) is 4.53. The maximum atomic E-state index is 12.6. The molecular weight excluding hydrogens is 318 g/mol. The molecular formula is C15H21N3O4S. The van der Waals surface area contributed by atoms with Gasteiger partial charge in [0.2, 0.25) is 10.0 Å². The average molecular weight is 339 g/mol. The van der Waals surface area contributed by atoms with E-state index in [1.165, 1.54) is 25.0 Å². The number of hydrogen-bond acceptors (Lipinski definition) is 5. The highest BCUT2D eigenvalue weighted by Crippen LogP contribution is 2.30. The van der Waals surface area contributed by atoms with Gasteiger partial charge in [-0.05, 0) is 51.3 Å². The molecule has 1 saturated carbocycles. The highest BCUT2D eigenvalue weighted by molar-refractivity contribution is 7.89. The molecule has 1 aromatic rings. The first kappa shape index (κ1) is 16.4. The van der Waals surface area contributed by atoms with Crippen molar-refractivity contribution in [3.05, 3.63) is 33.9 Å². The van der Waals surface area contributed by atoms with Gasteiger partial charge in [0.15, 0.2) is 0 Å². The smallest absolute Gasteiger partial charge is 0.270 e. The van der Waals surface area contributed by atoms with Crippen molar-refractivity contribution in [1.82, 2.24) is 9.62 Å². The topological polar surface area (TPSA) is 92.5 Å². The molecule has 1 aliphatic heterocycles. The lowest BCUT2D eigenvalue weighted by molar-refractivity contribution is -0.385. The maximum absolute atomic E-state index is 12.6. The molecule has 7 nitrogen and oxygen atoms in total. The van der Waals surface area contributed by atoms with Crippen LogP contribution in [0.15, 0.2) is 23.1 Å². The third-order valence-electron chi connectivity index (χ3n) is 4.59. The third kappa shape index (κ3) is 3.70. The molecule has 2 aliphatic rings. The Labute approximate surface area is 135 Å². The van der Waals surface area contributed by atoms with E-state index in [0.717, 1.165) is 32.0 Å². The summed E-state index contributed by atoms with van der Waals surface area (Å²) >= 11 is 0. The summed E-state index contributed by atoms with van der Waals surface area (Å²) in [7, 11) is -3.74. The second-order valence-electron chi connectivity index (χ2n) is 6.37. The summed E-state index contributed by atoms with van der Waals surface area (Å²) in [4.78, 5) is 12.7. The lowest BCUT2D eigenvalue weighted by Gasteiger charge is -2.32. The normalized spacial score (nSPS) is 20.6. The summed E-state index contributed by atoms with van der Waals surface area (Å²) in [5.41, 5.74) is 0.304.